The average Bonchev–Trinajstić information content (AvgIpc) is 2.01. The second-order valence-electron chi connectivity index (χ2n) is 3.66. The SMILES string of the molecule is CC(C)C(O)C(C)(CO)CO. The van der Waals surface area contributed by atoms with Crippen LogP contribution in [0.4, 0.5) is 0 Å². The van der Waals surface area contributed by atoms with Crippen molar-refractivity contribution in [3.05, 3.63) is 0 Å². The molecule has 0 saturated carbocycles. The molecule has 0 spiro atoms. The van der Waals surface area contributed by atoms with Gasteiger partial charge in [-0.25, -0.2) is 0 Å². The van der Waals surface area contributed by atoms with E-state index in [1.165, 1.54) is 0 Å². The van der Waals surface area contributed by atoms with Gasteiger partial charge in [0.1, 0.15) is 0 Å². The van der Waals surface area contributed by atoms with Crippen LogP contribution in [0.15, 0.2) is 0 Å². The highest BCUT2D eigenvalue weighted by molar-refractivity contribution is 4.82. The van der Waals surface area contributed by atoms with Crippen LogP contribution in [0.2, 0.25) is 0 Å². The first-order valence-electron chi connectivity index (χ1n) is 3.87. The minimum Gasteiger partial charge on any atom is -0.396 e. The summed E-state index contributed by atoms with van der Waals surface area (Å²) in [4.78, 5) is 0. The first-order valence-corrected chi connectivity index (χ1v) is 3.87. The second kappa shape index (κ2) is 4.04. The van der Waals surface area contributed by atoms with E-state index in [9.17, 15) is 5.11 Å². The topological polar surface area (TPSA) is 60.7 Å². The predicted molar refractivity (Wildman–Crippen MR) is 43.1 cm³/mol. The van der Waals surface area contributed by atoms with E-state index < -0.39 is 11.5 Å². The lowest BCUT2D eigenvalue weighted by molar-refractivity contribution is -0.0620. The van der Waals surface area contributed by atoms with Crippen LogP contribution in [-0.2, 0) is 0 Å². The molecule has 0 radical (unpaired) electrons. The first kappa shape index (κ1) is 10.9. The molecule has 11 heavy (non-hydrogen) atoms. The van der Waals surface area contributed by atoms with Crippen LogP contribution in [0.1, 0.15) is 20.8 Å². The Balaban J connectivity index is 4.24. The van der Waals surface area contributed by atoms with Crippen LogP contribution < -0.4 is 0 Å². The van der Waals surface area contributed by atoms with Gasteiger partial charge < -0.3 is 15.3 Å². The molecule has 0 aromatic rings. The van der Waals surface area contributed by atoms with Crippen molar-refractivity contribution in [2.45, 2.75) is 26.9 Å². The van der Waals surface area contributed by atoms with Gasteiger partial charge in [-0.2, -0.15) is 0 Å². The summed E-state index contributed by atoms with van der Waals surface area (Å²) in [6, 6.07) is 0. The molecule has 0 aliphatic carbocycles. The molecule has 3 N–H and O–H groups in total. The van der Waals surface area contributed by atoms with Gasteiger partial charge in [-0.05, 0) is 5.92 Å². The van der Waals surface area contributed by atoms with Gasteiger partial charge in [-0.1, -0.05) is 20.8 Å². The Hall–Kier alpha value is -0.120. The number of hydrogen-bond donors (Lipinski definition) is 3. The molecule has 0 aliphatic rings. The summed E-state index contributed by atoms with van der Waals surface area (Å²) in [6.45, 7) is 4.99. The van der Waals surface area contributed by atoms with Gasteiger partial charge in [0.05, 0.1) is 19.3 Å². The molecule has 3 nitrogen and oxygen atoms in total. The molecule has 0 aromatic carbocycles. The Morgan fingerprint density at radius 2 is 1.55 bits per heavy atom. The molecule has 0 heterocycles. The van der Waals surface area contributed by atoms with E-state index in [2.05, 4.69) is 0 Å². The molecule has 0 aromatic heterocycles. The second-order valence-corrected chi connectivity index (χ2v) is 3.66. The Morgan fingerprint density at radius 1 is 1.18 bits per heavy atom. The molecule has 0 rings (SSSR count). The van der Waals surface area contributed by atoms with E-state index in [1.54, 1.807) is 6.92 Å². The molecule has 3 heteroatoms. The van der Waals surface area contributed by atoms with E-state index in [0.29, 0.717) is 0 Å². The van der Waals surface area contributed by atoms with Gasteiger partial charge >= 0.3 is 0 Å². The summed E-state index contributed by atoms with van der Waals surface area (Å²) < 4.78 is 0. The number of aliphatic hydroxyl groups is 3. The van der Waals surface area contributed by atoms with Crippen molar-refractivity contribution in [3.63, 3.8) is 0 Å². The van der Waals surface area contributed by atoms with Crippen molar-refractivity contribution >= 4 is 0 Å². The van der Waals surface area contributed by atoms with Crippen LogP contribution in [0.5, 0.6) is 0 Å². The van der Waals surface area contributed by atoms with Crippen molar-refractivity contribution in [2.75, 3.05) is 13.2 Å². The third-order valence-corrected chi connectivity index (χ3v) is 2.07. The smallest absolute Gasteiger partial charge is 0.0660 e. The highest BCUT2D eigenvalue weighted by Gasteiger charge is 2.33. The third-order valence-electron chi connectivity index (χ3n) is 2.07. The van der Waals surface area contributed by atoms with Gasteiger partial charge in [0, 0.05) is 5.41 Å². The van der Waals surface area contributed by atoms with Gasteiger partial charge in [0.25, 0.3) is 0 Å². The molecular formula is C8H18O3. The maximum absolute atomic E-state index is 9.53. The molecule has 0 fully saturated rings. The number of hydrogen-bond acceptors (Lipinski definition) is 3. The Bertz CT molecular complexity index is 108. The first-order chi connectivity index (χ1) is 4.98. The van der Waals surface area contributed by atoms with E-state index in [1.807, 2.05) is 13.8 Å². The van der Waals surface area contributed by atoms with Crippen LogP contribution in [0.25, 0.3) is 0 Å². The Kier molecular flexibility index (Phi) is 4.00. The lowest BCUT2D eigenvalue weighted by atomic mass is 9.80. The minimum atomic E-state index is -0.770. The van der Waals surface area contributed by atoms with Crippen LogP contribution in [0, 0.1) is 11.3 Å². The molecular weight excluding hydrogens is 144 g/mol. The molecule has 0 bridgehead atoms. The van der Waals surface area contributed by atoms with Crippen molar-refractivity contribution in [3.8, 4) is 0 Å². The Labute approximate surface area is 67.7 Å². The van der Waals surface area contributed by atoms with Crippen LogP contribution in [0.3, 0.4) is 0 Å². The minimum absolute atomic E-state index is 0.0549. The number of aliphatic hydroxyl groups excluding tert-OH is 3. The standard InChI is InChI=1S/C8H18O3/c1-6(2)7(11)8(3,4-9)5-10/h6-7,9-11H,4-5H2,1-3H3. The quantitative estimate of drug-likeness (QED) is 0.545. The summed E-state index contributed by atoms with van der Waals surface area (Å²) in [5, 5.41) is 27.3. The van der Waals surface area contributed by atoms with Crippen LogP contribution >= 0.6 is 0 Å². The van der Waals surface area contributed by atoms with E-state index in [-0.39, 0.29) is 19.1 Å². The Morgan fingerprint density at radius 3 is 1.64 bits per heavy atom. The number of rotatable bonds is 4. The fraction of sp³-hybridized carbons (Fsp3) is 1.00. The normalized spacial score (nSPS) is 15.5. The molecule has 0 saturated heterocycles. The summed E-state index contributed by atoms with van der Waals surface area (Å²) >= 11 is 0. The van der Waals surface area contributed by atoms with Gasteiger partial charge in [0.15, 0.2) is 0 Å². The molecule has 68 valence electrons. The third kappa shape index (κ3) is 2.43. The van der Waals surface area contributed by atoms with E-state index in [0.717, 1.165) is 0 Å². The summed E-state index contributed by atoms with van der Waals surface area (Å²) in [6.07, 6.45) is -0.655. The fourth-order valence-corrected chi connectivity index (χ4v) is 1.04. The zero-order valence-corrected chi connectivity index (χ0v) is 7.41. The van der Waals surface area contributed by atoms with Crippen molar-refractivity contribution < 1.29 is 15.3 Å². The molecule has 0 amide bonds. The zero-order valence-electron chi connectivity index (χ0n) is 7.41. The lowest BCUT2D eigenvalue weighted by Gasteiger charge is -2.33. The van der Waals surface area contributed by atoms with Gasteiger partial charge in [0.2, 0.25) is 0 Å². The van der Waals surface area contributed by atoms with E-state index >= 15 is 0 Å². The molecule has 1 unspecified atom stereocenters. The van der Waals surface area contributed by atoms with Gasteiger partial charge in [-0.15, -0.1) is 0 Å². The molecule has 0 aliphatic heterocycles. The monoisotopic (exact) mass is 162 g/mol. The average molecular weight is 162 g/mol. The molecule has 1 atom stereocenters. The maximum Gasteiger partial charge on any atom is 0.0660 e. The van der Waals surface area contributed by atoms with Crippen molar-refractivity contribution in [1.29, 1.82) is 0 Å². The lowest BCUT2D eigenvalue weighted by Crippen LogP contribution is -2.42. The predicted octanol–water partition coefficient (Wildman–Crippen LogP) is -0.00580. The highest BCUT2D eigenvalue weighted by Crippen LogP contribution is 2.25. The largest absolute Gasteiger partial charge is 0.396 e. The van der Waals surface area contributed by atoms with Crippen molar-refractivity contribution in [2.24, 2.45) is 11.3 Å². The van der Waals surface area contributed by atoms with Crippen LogP contribution in [-0.4, -0.2) is 34.6 Å². The summed E-state index contributed by atoms with van der Waals surface area (Å²) in [5.41, 5.74) is -0.770. The zero-order chi connectivity index (χ0) is 9.07. The van der Waals surface area contributed by atoms with E-state index in [4.69, 9.17) is 10.2 Å². The maximum atomic E-state index is 9.53. The highest BCUT2D eigenvalue weighted by atomic mass is 16.3. The fourth-order valence-electron chi connectivity index (χ4n) is 1.04. The summed E-state index contributed by atoms with van der Waals surface area (Å²) in [5.74, 6) is 0.0549. The summed E-state index contributed by atoms with van der Waals surface area (Å²) in [7, 11) is 0. The van der Waals surface area contributed by atoms with Gasteiger partial charge in [-0.3, -0.25) is 0 Å². The van der Waals surface area contributed by atoms with Crippen molar-refractivity contribution in [1.82, 2.24) is 0 Å².